The van der Waals surface area contributed by atoms with Gasteiger partial charge in [-0.25, -0.2) is 4.57 Å². The number of hydrogen-bond acceptors (Lipinski definition) is 7. The molecule has 226 valence electrons. The topological polar surface area (TPSA) is 80.3 Å². The van der Waals surface area contributed by atoms with E-state index in [1.54, 1.807) is 33.8 Å². The van der Waals surface area contributed by atoms with Crippen LogP contribution in [0.1, 0.15) is 101 Å². The Labute approximate surface area is 246 Å². The fourth-order valence-electron chi connectivity index (χ4n) is 3.76. The summed E-state index contributed by atoms with van der Waals surface area (Å²) in [6.45, 7) is 28.4. The Morgan fingerprint density at radius 2 is 1.46 bits per heavy atom. The molecule has 1 aromatic rings. The maximum absolute atomic E-state index is 13.8. The molecule has 10 heteroatoms. The van der Waals surface area contributed by atoms with Gasteiger partial charge in [-0.05, 0) is 96.1 Å². The van der Waals surface area contributed by atoms with Gasteiger partial charge in [0.15, 0.2) is 8.32 Å². The molecule has 1 rings (SSSR count). The molecule has 0 N–H and O–H groups in total. The van der Waals surface area contributed by atoms with Gasteiger partial charge in [0.25, 0.3) is 0 Å². The molecule has 39 heavy (non-hydrogen) atoms. The van der Waals surface area contributed by atoms with Gasteiger partial charge in [0.05, 0.1) is 18.6 Å². The third kappa shape index (κ3) is 12.0. The lowest BCUT2D eigenvalue weighted by atomic mass is 9.78. The first kappa shape index (κ1) is 36.3. The van der Waals surface area contributed by atoms with Gasteiger partial charge in [-0.3, -0.25) is 13.8 Å². The van der Waals surface area contributed by atoms with Crippen LogP contribution in [0.15, 0.2) is 16.6 Å². The minimum atomic E-state index is -3.99. The highest BCUT2D eigenvalue weighted by atomic mass is 79.9. The number of hydrogen-bond donors (Lipinski definition) is 0. The maximum Gasteiger partial charge on any atom is 0.530 e. The van der Waals surface area contributed by atoms with E-state index < -0.39 is 39.4 Å². The van der Waals surface area contributed by atoms with Crippen LogP contribution in [0.2, 0.25) is 18.1 Å². The number of esters is 1. The first-order valence-electron chi connectivity index (χ1n) is 13.7. The Balaban J connectivity index is 3.63. The second-order valence-electron chi connectivity index (χ2n) is 13.8. The van der Waals surface area contributed by atoms with Gasteiger partial charge in [0.2, 0.25) is 0 Å². The second kappa shape index (κ2) is 13.5. The summed E-state index contributed by atoms with van der Waals surface area (Å²) in [7, 11) is -5.96. The number of halogens is 1. The van der Waals surface area contributed by atoms with Gasteiger partial charge in [0.1, 0.15) is 11.4 Å². The van der Waals surface area contributed by atoms with E-state index in [4.69, 9.17) is 22.7 Å². The molecule has 0 aliphatic heterocycles. The van der Waals surface area contributed by atoms with Gasteiger partial charge in [-0.1, -0.05) is 50.5 Å². The van der Waals surface area contributed by atoms with Crippen LogP contribution in [0, 0.1) is 0 Å². The highest BCUT2D eigenvalue weighted by Gasteiger charge is 2.39. The number of carbonyl (C=O) groups excluding carboxylic acids is 1. The van der Waals surface area contributed by atoms with E-state index in [1.807, 2.05) is 26.8 Å². The largest absolute Gasteiger partial charge is 0.530 e. The Bertz CT molecular complexity index is 1010. The van der Waals surface area contributed by atoms with Crippen LogP contribution in [0.25, 0.3) is 0 Å². The monoisotopic (exact) mass is 650 g/mol. The molecular formula is C29H52BrO7PSi. The van der Waals surface area contributed by atoms with E-state index in [-0.39, 0.29) is 17.4 Å². The second-order valence-corrected chi connectivity index (χ2v) is 21.0. The standard InChI is InChI=1S/C29H52BrO7PSi/c1-20(2)35-38(32,36-21(3)4)37-24-19-23(30)17-22(18-25(31)34-27(5,6)7)26(24)29(11,12)15-16-33-39(13,14)28(8,9)10/h17,19-21H,15-16,18H2,1-14H3. The molecule has 0 amide bonds. The molecule has 1 aromatic carbocycles. The van der Waals surface area contributed by atoms with Crippen molar-refractivity contribution >= 4 is 38.0 Å². The smallest absolute Gasteiger partial charge is 0.460 e. The van der Waals surface area contributed by atoms with Crippen LogP contribution in [0.5, 0.6) is 5.75 Å². The average Bonchev–Trinajstić information content (AvgIpc) is 2.62. The lowest BCUT2D eigenvalue weighted by molar-refractivity contribution is -0.153. The van der Waals surface area contributed by atoms with Gasteiger partial charge >= 0.3 is 13.8 Å². The van der Waals surface area contributed by atoms with Crippen molar-refractivity contribution in [3.8, 4) is 5.75 Å². The van der Waals surface area contributed by atoms with Crippen molar-refractivity contribution in [2.45, 2.75) is 137 Å². The molecule has 0 bridgehead atoms. The summed E-state index contributed by atoms with van der Waals surface area (Å²) in [6.07, 6.45) is -0.107. The predicted molar refractivity (Wildman–Crippen MR) is 165 cm³/mol. The molecule has 0 spiro atoms. The molecule has 0 unspecified atom stereocenters. The molecule has 0 atom stereocenters. The van der Waals surface area contributed by atoms with Gasteiger partial charge in [-0.15, -0.1) is 0 Å². The van der Waals surface area contributed by atoms with Crippen molar-refractivity contribution in [3.05, 3.63) is 27.7 Å². The van der Waals surface area contributed by atoms with Crippen LogP contribution in [-0.2, 0) is 39.4 Å². The molecule has 0 aliphatic rings. The number of rotatable bonds is 13. The summed E-state index contributed by atoms with van der Waals surface area (Å²) in [5.74, 6) is -0.0222. The van der Waals surface area contributed by atoms with E-state index >= 15 is 0 Å². The molecule has 7 nitrogen and oxygen atoms in total. The minimum Gasteiger partial charge on any atom is -0.460 e. The van der Waals surface area contributed by atoms with Crippen molar-refractivity contribution in [2.24, 2.45) is 0 Å². The van der Waals surface area contributed by atoms with E-state index in [2.05, 4.69) is 63.6 Å². The van der Waals surface area contributed by atoms with Crippen LogP contribution in [-0.4, -0.2) is 38.7 Å². The number of carbonyl (C=O) groups is 1. The normalized spacial score (nSPS) is 13.8. The van der Waals surface area contributed by atoms with E-state index in [9.17, 15) is 9.36 Å². The molecule has 0 saturated heterocycles. The molecule has 0 heterocycles. The van der Waals surface area contributed by atoms with E-state index in [1.165, 1.54) is 0 Å². The Hall–Kier alpha value is -0.703. The molecular weight excluding hydrogens is 599 g/mol. The van der Waals surface area contributed by atoms with Gasteiger partial charge < -0.3 is 13.7 Å². The number of phosphoric ester groups is 1. The van der Waals surface area contributed by atoms with Crippen LogP contribution >= 0.6 is 23.8 Å². The van der Waals surface area contributed by atoms with Crippen molar-refractivity contribution < 1.29 is 32.1 Å². The van der Waals surface area contributed by atoms with Crippen LogP contribution in [0.3, 0.4) is 0 Å². The summed E-state index contributed by atoms with van der Waals surface area (Å²) < 4.78 is 44.1. The van der Waals surface area contributed by atoms with E-state index in [0.717, 1.165) is 5.56 Å². The summed E-state index contributed by atoms with van der Waals surface area (Å²) in [5, 5.41) is 0.0832. The Kier molecular flexibility index (Phi) is 12.6. The van der Waals surface area contributed by atoms with Crippen molar-refractivity contribution in [3.63, 3.8) is 0 Å². The maximum atomic E-state index is 13.8. The Morgan fingerprint density at radius 1 is 0.949 bits per heavy atom. The highest BCUT2D eigenvalue weighted by Crippen LogP contribution is 2.54. The van der Waals surface area contributed by atoms with E-state index in [0.29, 0.717) is 28.8 Å². The molecule has 0 aliphatic carbocycles. The lowest BCUT2D eigenvalue weighted by Crippen LogP contribution is -2.41. The summed E-state index contributed by atoms with van der Waals surface area (Å²) >= 11 is 3.55. The summed E-state index contributed by atoms with van der Waals surface area (Å²) in [5.41, 5.74) is 0.319. The fourth-order valence-corrected chi connectivity index (χ4v) is 6.84. The zero-order valence-corrected chi connectivity index (χ0v) is 30.1. The SMILES string of the molecule is CC(C)OP(=O)(Oc1cc(Br)cc(CC(=O)OC(C)(C)C)c1C(C)(C)CCO[Si](C)(C)C(C)(C)C)OC(C)C. The van der Waals surface area contributed by atoms with Crippen molar-refractivity contribution in [1.82, 2.24) is 0 Å². The summed E-state index contributed by atoms with van der Waals surface area (Å²) in [4.78, 5) is 13.0. The zero-order chi connectivity index (χ0) is 30.6. The first-order valence-corrected chi connectivity index (χ1v) is 18.9. The van der Waals surface area contributed by atoms with Crippen LogP contribution in [0.4, 0.5) is 0 Å². The Morgan fingerprint density at radius 3 is 1.90 bits per heavy atom. The zero-order valence-electron chi connectivity index (χ0n) is 26.6. The highest BCUT2D eigenvalue weighted by molar-refractivity contribution is 9.10. The van der Waals surface area contributed by atoms with Gasteiger partial charge in [0, 0.05) is 16.6 Å². The third-order valence-corrected chi connectivity index (χ3v) is 13.2. The molecule has 0 saturated carbocycles. The molecule has 0 fully saturated rings. The summed E-state index contributed by atoms with van der Waals surface area (Å²) in [6, 6.07) is 3.64. The average molecular weight is 652 g/mol. The molecule has 0 aromatic heterocycles. The predicted octanol–water partition coefficient (Wildman–Crippen LogP) is 9.36. The third-order valence-electron chi connectivity index (χ3n) is 6.47. The quantitative estimate of drug-likeness (QED) is 0.119. The number of phosphoric acid groups is 1. The van der Waals surface area contributed by atoms with Crippen molar-refractivity contribution in [2.75, 3.05) is 6.61 Å². The van der Waals surface area contributed by atoms with Crippen LogP contribution < -0.4 is 4.52 Å². The van der Waals surface area contributed by atoms with Crippen molar-refractivity contribution in [1.29, 1.82) is 0 Å². The fraction of sp³-hybridized carbons (Fsp3) is 0.759. The number of benzene rings is 1. The first-order chi connectivity index (χ1) is 17.4. The van der Waals surface area contributed by atoms with Gasteiger partial charge in [-0.2, -0.15) is 0 Å². The minimum absolute atomic E-state index is 0.0231. The lowest BCUT2D eigenvalue weighted by Gasteiger charge is -2.38. The number of ether oxygens (including phenoxy) is 1. The molecule has 0 radical (unpaired) electrons.